The zero-order chi connectivity index (χ0) is 8.27. The smallest absolute Gasteiger partial charge is 0.0203 e. The van der Waals surface area contributed by atoms with E-state index in [0.717, 1.165) is 11.8 Å². The van der Waals surface area contributed by atoms with Crippen LogP contribution in [0, 0.1) is 11.8 Å². The molecule has 0 radical (unpaired) electrons. The van der Waals surface area contributed by atoms with Crippen LogP contribution in [0.25, 0.3) is 0 Å². The monoisotopic (exact) mass is 152 g/mol. The van der Waals surface area contributed by atoms with Gasteiger partial charge in [-0.2, -0.15) is 0 Å². The maximum absolute atomic E-state index is 2.46. The highest BCUT2D eigenvalue weighted by Gasteiger charge is 2.20. The number of allylic oxidation sites excluding steroid dienone is 2. The van der Waals surface area contributed by atoms with Crippen molar-refractivity contribution in [1.82, 2.24) is 0 Å². The second-order valence-corrected chi connectivity index (χ2v) is 3.67. The maximum atomic E-state index is 2.46. The molecule has 1 rings (SSSR count). The van der Waals surface area contributed by atoms with Crippen LogP contribution in [0.4, 0.5) is 0 Å². The summed E-state index contributed by atoms with van der Waals surface area (Å²) in [7, 11) is 0. The molecule has 0 spiro atoms. The third-order valence-corrected chi connectivity index (χ3v) is 3.17. The van der Waals surface area contributed by atoms with Gasteiger partial charge in [-0.1, -0.05) is 38.8 Å². The fraction of sp³-hybridized carbons (Fsp3) is 0.818. The first-order chi connectivity index (χ1) is 5.29. The van der Waals surface area contributed by atoms with Crippen molar-refractivity contribution in [2.24, 2.45) is 11.8 Å². The lowest BCUT2D eigenvalue weighted by Gasteiger charge is -2.28. The molecular weight excluding hydrogens is 132 g/mol. The van der Waals surface area contributed by atoms with Crippen LogP contribution in [0.2, 0.25) is 0 Å². The molecule has 0 aromatic carbocycles. The van der Waals surface area contributed by atoms with Crippen molar-refractivity contribution in [2.45, 2.75) is 46.5 Å². The molecule has 64 valence electrons. The van der Waals surface area contributed by atoms with Crippen LogP contribution in [0.5, 0.6) is 0 Å². The summed E-state index contributed by atoms with van der Waals surface area (Å²) < 4.78 is 0. The first kappa shape index (κ1) is 8.83. The lowest BCUT2D eigenvalue weighted by Crippen LogP contribution is -2.16. The van der Waals surface area contributed by atoms with Gasteiger partial charge in [-0.05, 0) is 31.1 Å². The van der Waals surface area contributed by atoms with Gasteiger partial charge in [-0.3, -0.25) is 0 Å². The van der Waals surface area contributed by atoms with Crippen LogP contribution >= 0.6 is 0 Å². The molecule has 0 aromatic heterocycles. The Morgan fingerprint density at radius 1 is 1.45 bits per heavy atom. The lowest BCUT2D eigenvalue weighted by atomic mass is 9.77. The standard InChI is InChI=1S/C11H20/c1-4-10-7-6-8-11(5-2)9(10)3/h7,9,11H,4-6,8H2,1-3H3. The Bertz CT molecular complexity index is 144. The molecular formula is C11H20. The molecule has 1 aliphatic carbocycles. The second kappa shape index (κ2) is 3.94. The highest BCUT2D eigenvalue weighted by atomic mass is 14.3. The minimum absolute atomic E-state index is 0.860. The second-order valence-electron chi connectivity index (χ2n) is 3.67. The molecule has 2 atom stereocenters. The molecule has 0 aliphatic heterocycles. The molecule has 0 saturated heterocycles. The topological polar surface area (TPSA) is 0 Å². The van der Waals surface area contributed by atoms with Gasteiger partial charge >= 0.3 is 0 Å². The zero-order valence-corrected chi connectivity index (χ0v) is 8.06. The molecule has 0 nitrogen and oxygen atoms in total. The first-order valence-electron chi connectivity index (χ1n) is 4.98. The summed E-state index contributed by atoms with van der Waals surface area (Å²) >= 11 is 0. The van der Waals surface area contributed by atoms with E-state index in [-0.39, 0.29) is 0 Å². The molecule has 0 heteroatoms. The van der Waals surface area contributed by atoms with Gasteiger partial charge in [0.15, 0.2) is 0 Å². The molecule has 0 bridgehead atoms. The van der Waals surface area contributed by atoms with Gasteiger partial charge in [0, 0.05) is 0 Å². The van der Waals surface area contributed by atoms with Gasteiger partial charge in [0.25, 0.3) is 0 Å². The van der Waals surface area contributed by atoms with E-state index in [1.807, 2.05) is 0 Å². The Balaban J connectivity index is 2.60. The summed E-state index contributed by atoms with van der Waals surface area (Å²) in [4.78, 5) is 0. The average Bonchev–Trinajstić information content (AvgIpc) is 2.05. The van der Waals surface area contributed by atoms with Gasteiger partial charge in [0.05, 0.1) is 0 Å². The zero-order valence-electron chi connectivity index (χ0n) is 8.06. The fourth-order valence-electron chi connectivity index (χ4n) is 2.25. The van der Waals surface area contributed by atoms with Crippen molar-refractivity contribution >= 4 is 0 Å². The minimum Gasteiger partial charge on any atom is -0.0851 e. The minimum atomic E-state index is 0.860. The Morgan fingerprint density at radius 3 is 2.73 bits per heavy atom. The molecule has 11 heavy (non-hydrogen) atoms. The average molecular weight is 152 g/mol. The molecule has 1 aliphatic rings. The van der Waals surface area contributed by atoms with Crippen molar-refractivity contribution in [3.63, 3.8) is 0 Å². The third-order valence-electron chi connectivity index (χ3n) is 3.17. The van der Waals surface area contributed by atoms with Crippen molar-refractivity contribution < 1.29 is 0 Å². The maximum Gasteiger partial charge on any atom is -0.0203 e. The summed E-state index contributed by atoms with van der Waals surface area (Å²) in [6, 6.07) is 0. The Morgan fingerprint density at radius 2 is 2.18 bits per heavy atom. The molecule has 0 heterocycles. The van der Waals surface area contributed by atoms with Gasteiger partial charge in [-0.25, -0.2) is 0 Å². The lowest BCUT2D eigenvalue weighted by molar-refractivity contribution is 0.344. The van der Waals surface area contributed by atoms with E-state index < -0.39 is 0 Å². The van der Waals surface area contributed by atoms with E-state index in [9.17, 15) is 0 Å². The fourth-order valence-corrected chi connectivity index (χ4v) is 2.25. The van der Waals surface area contributed by atoms with Gasteiger partial charge in [0.2, 0.25) is 0 Å². The molecule has 0 fully saturated rings. The Hall–Kier alpha value is -0.260. The quantitative estimate of drug-likeness (QED) is 0.528. The van der Waals surface area contributed by atoms with Crippen LogP contribution < -0.4 is 0 Å². The number of rotatable bonds is 2. The summed E-state index contributed by atoms with van der Waals surface area (Å²) in [5.74, 6) is 1.83. The summed E-state index contributed by atoms with van der Waals surface area (Å²) in [6.07, 6.45) is 7.82. The van der Waals surface area contributed by atoms with E-state index >= 15 is 0 Å². The van der Waals surface area contributed by atoms with E-state index in [1.165, 1.54) is 25.7 Å². The SMILES string of the molecule is CCC1=CCCC(CC)C1C. The highest BCUT2D eigenvalue weighted by Crippen LogP contribution is 2.33. The predicted molar refractivity (Wildman–Crippen MR) is 50.6 cm³/mol. The van der Waals surface area contributed by atoms with Gasteiger partial charge in [-0.15, -0.1) is 0 Å². The van der Waals surface area contributed by atoms with Gasteiger partial charge < -0.3 is 0 Å². The van der Waals surface area contributed by atoms with Crippen molar-refractivity contribution in [3.8, 4) is 0 Å². The predicted octanol–water partition coefficient (Wildman–Crippen LogP) is 3.78. The summed E-state index contributed by atoms with van der Waals surface area (Å²) in [5, 5.41) is 0. The number of hydrogen-bond acceptors (Lipinski definition) is 0. The summed E-state index contributed by atoms with van der Waals surface area (Å²) in [6.45, 7) is 6.99. The van der Waals surface area contributed by atoms with Crippen LogP contribution in [-0.2, 0) is 0 Å². The Kier molecular flexibility index (Phi) is 3.16. The molecule has 2 unspecified atom stereocenters. The van der Waals surface area contributed by atoms with Crippen LogP contribution in [0.15, 0.2) is 11.6 Å². The molecule has 0 N–H and O–H groups in total. The largest absolute Gasteiger partial charge is 0.0851 e. The van der Waals surface area contributed by atoms with E-state index in [4.69, 9.17) is 0 Å². The van der Waals surface area contributed by atoms with Crippen molar-refractivity contribution in [2.75, 3.05) is 0 Å². The van der Waals surface area contributed by atoms with E-state index in [1.54, 1.807) is 5.57 Å². The molecule has 0 amide bonds. The molecule has 0 saturated carbocycles. The van der Waals surface area contributed by atoms with Crippen LogP contribution in [0.1, 0.15) is 46.5 Å². The van der Waals surface area contributed by atoms with Crippen molar-refractivity contribution in [3.05, 3.63) is 11.6 Å². The van der Waals surface area contributed by atoms with Crippen LogP contribution in [0.3, 0.4) is 0 Å². The third kappa shape index (κ3) is 1.85. The Labute approximate surface area is 70.7 Å². The normalized spacial score (nSPS) is 31.7. The van der Waals surface area contributed by atoms with Crippen molar-refractivity contribution in [1.29, 1.82) is 0 Å². The highest BCUT2D eigenvalue weighted by molar-refractivity contribution is 5.10. The number of hydrogen-bond donors (Lipinski definition) is 0. The van der Waals surface area contributed by atoms with E-state index in [0.29, 0.717) is 0 Å². The summed E-state index contributed by atoms with van der Waals surface area (Å²) in [5.41, 5.74) is 1.70. The van der Waals surface area contributed by atoms with Crippen LogP contribution in [-0.4, -0.2) is 0 Å². The van der Waals surface area contributed by atoms with Gasteiger partial charge in [0.1, 0.15) is 0 Å². The first-order valence-corrected chi connectivity index (χ1v) is 4.98. The van der Waals surface area contributed by atoms with E-state index in [2.05, 4.69) is 26.8 Å². The molecule has 0 aromatic rings.